The summed E-state index contributed by atoms with van der Waals surface area (Å²) in [6.07, 6.45) is 6.00. The van der Waals surface area contributed by atoms with Crippen LogP contribution in [0.1, 0.15) is 68.6 Å². The van der Waals surface area contributed by atoms with E-state index in [9.17, 15) is 9.59 Å². The zero-order valence-corrected chi connectivity index (χ0v) is 14.9. The van der Waals surface area contributed by atoms with Crippen molar-refractivity contribution in [3.63, 3.8) is 0 Å². The maximum Gasteiger partial charge on any atom is 0.407 e. The number of pyridine rings is 1. The van der Waals surface area contributed by atoms with Crippen molar-refractivity contribution in [3.8, 4) is 0 Å². The molecule has 134 valence electrons. The third-order valence-electron chi connectivity index (χ3n) is 4.36. The fourth-order valence-electron chi connectivity index (χ4n) is 3.31. The summed E-state index contributed by atoms with van der Waals surface area (Å²) < 4.78 is 7.27. The molecule has 0 aliphatic heterocycles. The van der Waals surface area contributed by atoms with E-state index >= 15 is 0 Å². The van der Waals surface area contributed by atoms with Crippen LogP contribution in [0.4, 0.5) is 4.79 Å². The second-order valence-corrected chi connectivity index (χ2v) is 7.57. The Morgan fingerprint density at radius 2 is 2.16 bits per heavy atom. The summed E-state index contributed by atoms with van der Waals surface area (Å²) in [5.74, 6) is 1.09. The van der Waals surface area contributed by atoms with Crippen LogP contribution in [-0.2, 0) is 4.74 Å². The molecule has 25 heavy (non-hydrogen) atoms. The lowest BCUT2D eigenvalue weighted by Gasteiger charge is -2.29. The minimum atomic E-state index is -0.502. The zero-order valence-electron chi connectivity index (χ0n) is 14.9. The number of amides is 1. The average Bonchev–Trinajstić information content (AvgIpc) is 2.96. The Bertz CT molecular complexity index is 778. The quantitative estimate of drug-likeness (QED) is 0.865. The van der Waals surface area contributed by atoms with Crippen LogP contribution in [0, 0.1) is 0 Å². The molecule has 1 amide bonds. The van der Waals surface area contributed by atoms with Gasteiger partial charge in [-0.15, -0.1) is 10.2 Å². The Morgan fingerprint density at radius 1 is 1.36 bits per heavy atom. The number of ether oxygens (including phenoxy) is 1. The SMILES string of the molecule is CC(C)(C)OC(=O)N[C@@H]1CCC[C@H](c2nnc3cc(C=O)ccn23)C1. The lowest BCUT2D eigenvalue weighted by molar-refractivity contribution is 0.0490. The average molecular weight is 344 g/mol. The number of aldehydes is 1. The maximum atomic E-state index is 12.0. The molecule has 7 heteroatoms. The minimum absolute atomic E-state index is 0.0650. The number of hydrogen-bond acceptors (Lipinski definition) is 5. The summed E-state index contributed by atoms with van der Waals surface area (Å²) in [4.78, 5) is 22.9. The number of carbonyl (C=O) groups excluding carboxylic acids is 2. The van der Waals surface area contributed by atoms with Crippen molar-refractivity contribution in [3.05, 3.63) is 29.7 Å². The van der Waals surface area contributed by atoms with E-state index in [1.807, 2.05) is 31.4 Å². The number of nitrogens with one attached hydrogen (secondary N) is 1. The van der Waals surface area contributed by atoms with Crippen LogP contribution in [-0.4, -0.2) is 38.6 Å². The number of nitrogens with zero attached hydrogens (tertiary/aromatic N) is 3. The normalized spacial score (nSPS) is 21.1. The molecule has 0 aromatic carbocycles. The third kappa shape index (κ3) is 4.15. The van der Waals surface area contributed by atoms with Crippen LogP contribution < -0.4 is 5.32 Å². The van der Waals surface area contributed by atoms with E-state index in [1.165, 1.54) is 0 Å². The highest BCUT2D eigenvalue weighted by Crippen LogP contribution is 2.32. The van der Waals surface area contributed by atoms with Gasteiger partial charge in [0.05, 0.1) is 0 Å². The Morgan fingerprint density at radius 3 is 2.88 bits per heavy atom. The molecular weight excluding hydrogens is 320 g/mol. The minimum Gasteiger partial charge on any atom is -0.444 e. The number of fused-ring (bicyclic) bond motifs is 1. The van der Waals surface area contributed by atoms with E-state index in [0.29, 0.717) is 11.2 Å². The molecule has 1 N–H and O–H groups in total. The molecule has 0 saturated heterocycles. The van der Waals surface area contributed by atoms with Gasteiger partial charge in [0, 0.05) is 23.7 Å². The molecule has 2 aromatic heterocycles. The van der Waals surface area contributed by atoms with Gasteiger partial charge in [0.2, 0.25) is 0 Å². The summed E-state index contributed by atoms with van der Waals surface area (Å²) in [7, 11) is 0. The Labute approximate surface area is 146 Å². The first-order chi connectivity index (χ1) is 11.9. The summed E-state index contributed by atoms with van der Waals surface area (Å²) in [6, 6.07) is 3.55. The number of aromatic nitrogens is 3. The van der Waals surface area contributed by atoms with Gasteiger partial charge in [-0.3, -0.25) is 9.20 Å². The fraction of sp³-hybridized carbons (Fsp3) is 0.556. The highest BCUT2D eigenvalue weighted by atomic mass is 16.6. The van der Waals surface area contributed by atoms with Crippen molar-refractivity contribution in [1.82, 2.24) is 19.9 Å². The van der Waals surface area contributed by atoms with Crippen molar-refractivity contribution in [1.29, 1.82) is 0 Å². The van der Waals surface area contributed by atoms with Crippen molar-refractivity contribution < 1.29 is 14.3 Å². The van der Waals surface area contributed by atoms with Crippen LogP contribution in [0.5, 0.6) is 0 Å². The lowest BCUT2D eigenvalue weighted by atomic mass is 9.85. The molecule has 1 fully saturated rings. The Hall–Kier alpha value is -2.44. The molecular formula is C18H24N4O3. The van der Waals surface area contributed by atoms with Gasteiger partial charge in [0.25, 0.3) is 0 Å². The van der Waals surface area contributed by atoms with Crippen LogP contribution >= 0.6 is 0 Å². The lowest BCUT2D eigenvalue weighted by Crippen LogP contribution is -2.41. The summed E-state index contributed by atoms with van der Waals surface area (Å²) >= 11 is 0. The van der Waals surface area contributed by atoms with Gasteiger partial charge in [-0.1, -0.05) is 6.42 Å². The molecule has 0 spiro atoms. The van der Waals surface area contributed by atoms with E-state index in [1.54, 1.807) is 12.1 Å². The molecule has 0 unspecified atom stereocenters. The first kappa shape index (κ1) is 17.4. The van der Waals surface area contributed by atoms with E-state index in [2.05, 4.69) is 15.5 Å². The van der Waals surface area contributed by atoms with Crippen LogP contribution in [0.15, 0.2) is 18.3 Å². The topological polar surface area (TPSA) is 85.6 Å². The summed E-state index contributed by atoms with van der Waals surface area (Å²) in [6.45, 7) is 5.56. The molecule has 0 bridgehead atoms. The van der Waals surface area contributed by atoms with Gasteiger partial charge in [0.15, 0.2) is 5.65 Å². The molecule has 1 saturated carbocycles. The maximum absolute atomic E-state index is 12.0. The van der Waals surface area contributed by atoms with Crippen molar-refractivity contribution >= 4 is 18.0 Å². The second-order valence-electron chi connectivity index (χ2n) is 7.57. The van der Waals surface area contributed by atoms with E-state index in [4.69, 9.17) is 4.74 Å². The standard InChI is InChI=1S/C18H24N4O3/c1-18(2,3)25-17(24)19-14-6-4-5-13(10-14)16-21-20-15-9-12(11-23)7-8-22(15)16/h7-9,11,13-14H,4-6,10H2,1-3H3,(H,19,24)/t13-,14+/m0/s1. The summed E-state index contributed by atoms with van der Waals surface area (Å²) in [5.41, 5.74) is 0.749. The fourth-order valence-corrected chi connectivity index (χ4v) is 3.31. The molecule has 2 heterocycles. The van der Waals surface area contributed by atoms with Crippen LogP contribution in [0.3, 0.4) is 0 Å². The molecule has 1 aliphatic carbocycles. The monoisotopic (exact) mass is 344 g/mol. The third-order valence-corrected chi connectivity index (χ3v) is 4.36. The van der Waals surface area contributed by atoms with E-state index in [-0.39, 0.29) is 18.1 Å². The van der Waals surface area contributed by atoms with Gasteiger partial charge in [-0.25, -0.2) is 4.79 Å². The predicted molar refractivity (Wildman–Crippen MR) is 92.7 cm³/mol. The molecule has 7 nitrogen and oxygen atoms in total. The van der Waals surface area contributed by atoms with Gasteiger partial charge >= 0.3 is 6.09 Å². The smallest absolute Gasteiger partial charge is 0.407 e. The van der Waals surface area contributed by atoms with Crippen molar-refractivity contribution in [2.24, 2.45) is 0 Å². The van der Waals surface area contributed by atoms with Gasteiger partial charge in [-0.05, 0) is 52.2 Å². The van der Waals surface area contributed by atoms with Crippen molar-refractivity contribution in [2.45, 2.75) is 64.0 Å². The molecule has 2 atom stereocenters. The van der Waals surface area contributed by atoms with E-state index < -0.39 is 5.60 Å². The van der Waals surface area contributed by atoms with Crippen molar-refractivity contribution in [2.75, 3.05) is 0 Å². The number of rotatable bonds is 3. The van der Waals surface area contributed by atoms with Crippen LogP contribution in [0.25, 0.3) is 5.65 Å². The van der Waals surface area contributed by atoms with Gasteiger partial charge in [-0.2, -0.15) is 0 Å². The highest BCUT2D eigenvalue weighted by Gasteiger charge is 2.28. The molecule has 0 radical (unpaired) electrons. The Balaban J connectivity index is 1.71. The zero-order chi connectivity index (χ0) is 18.0. The molecule has 3 rings (SSSR count). The van der Waals surface area contributed by atoms with E-state index in [0.717, 1.165) is 37.8 Å². The Kier molecular flexibility index (Phi) is 4.74. The summed E-state index contributed by atoms with van der Waals surface area (Å²) in [5, 5.41) is 11.5. The van der Waals surface area contributed by atoms with Gasteiger partial charge in [0.1, 0.15) is 17.7 Å². The molecule has 1 aliphatic rings. The first-order valence-electron chi connectivity index (χ1n) is 8.65. The number of alkyl carbamates (subject to hydrolysis) is 1. The number of carbonyl (C=O) groups is 2. The second kappa shape index (κ2) is 6.82. The largest absolute Gasteiger partial charge is 0.444 e. The van der Waals surface area contributed by atoms with Gasteiger partial charge < -0.3 is 10.1 Å². The first-order valence-corrected chi connectivity index (χ1v) is 8.65. The number of hydrogen-bond donors (Lipinski definition) is 1. The predicted octanol–water partition coefficient (Wildman–Crippen LogP) is 3.09. The molecule has 2 aromatic rings. The highest BCUT2D eigenvalue weighted by molar-refractivity contribution is 5.76. The van der Waals surface area contributed by atoms with Crippen LogP contribution in [0.2, 0.25) is 0 Å².